The van der Waals surface area contributed by atoms with Crippen molar-refractivity contribution in [1.82, 2.24) is 9.62 Å². The van der Waals surface area contributed by atoms with Gasteiger partial charge in [0.15, 0.2) is 0 Å². The Balaban J connectivity index is 1.51. The Bertz CT molecular complexity index is 955. The topological polar surface area (TPSA) is 58.6 Å². The zero-order valence-corrected chi connectivity index (χ0v) is 16.7. The van der Waals surface area contributed by atoms with Crippen LogP contribution in [0, 0.1) is 11.3 Å². The lowest BCUT2D eigenvalue weighted by atomic mass is 9.70. The number of piperidine rings is 1. The van der Waals surface area contributed by atoms with Crippen LogP contribution in [0.2, 0.25) is 0 Å². The quantitative estimate of drug-likeness (QED) is 0.864. The number of nitrogens with one attached hydrogen (secondary N) is 1. The Morgan fingerprint density at radius 1 is 0.964 bits per heavy atom. The van der Waals surface area contributed by atoms with Crippen LogP contribution in [0.5, 0.6) is 0 Å². The summed E-state index contributed by atoms with van der Waals surface area (Å²) in [6.07, 6.45) is 2.04. The number of sulfonamides is 1. The molecular formula is C22H26N2O3S. The lowest BCUT2D eigenvalue weighted by molar-refractivity contribution is 0.0979. The van der Waals surface area contributed by atoms with Gasteiger partial charge in [0.1, 0.15) is 0 Å². The van der Waals surface area contributed by atoms with Crippen molar-refractivity contribution < 1.29 is 13.2 Å². The fourth-order valence-corrected chi connectivity index (χ4v) is 7.06. The molecule has 28 heavy (non-hydrogen) atoms. The van der Waals surface area contributed by atoms with Crippen LogP contribution < -0.4 is 5.32 Å². The van der Waals surface area contributed by atoms with Gasteiger partial charge in [-0.2, -0.15) is 4.31 Å². The minimum Gasteiger partial charge on any atom is -0.379 e. The number of fused-ring (bicyclic) bond motifs is 2. The molecule has 0 amide bonds. The third-order valence-corrected chi connectivity index (χ3v) is 8.69. The van der Waals surface area contributed by atoms with Crippen molar-refractivity contribution in [2.24, 2.45) is 11.3 Å². The molecule has 2 aromatic carbocycles. The molecule has 3 heterocycles. The maximum atomic E-state index is 13.6. The highest BCUT2D eigenvalue weighted by Gasteiger charge is 2.58. The van der Waals surface area contributed by atoms with Crippen molar-refractivity contribution in [2.75, 3.05) is 32.8 Å². The van der Waals surface area contributed by atoms with E-state index in [1.165, 1.54) is 0 Å². The number of benzene rings is 2. The average molecular weight is 399 g/mol. The molecule has 148 valence electrons. The fourth-order valence-electron chi connectivity index (χ4n) is 5.28. The number of ether oxygens (including phenoxy) is 1. The standard InChI is InChI=1S/C22H26N2O3S/c25-28(26,19-8-4-7-18(13-19)17-5-2-1-3-6-17)24-16-22(9-11-23-12-10-22)20-14-27-15-21(20)24/h1-8,13,20-21,23H,9-12,14-16H2/t20-,21+/m1/s1. The molecule has 3 saturated heterocycles. The average Bonchev–Trinajstić information content (AvgIpc) is 3.33. The summed E-state index contributed by atoms with van der Waals surface area (Å²) in [6, 6.07) is 17.2. The van der Waals surface area contributed by atoms with Crippen LogP contribution in [0.3, 0.4) is 0 Å². The maximum Gasteiger partial charge on any atom is 0.243 e. The lowest BCUT2D eigenvalue weighted by Gasteiger charge is -2.37. The molecule has 0 radical (unpaired) electrons. The molecule has 3 fully saturated rings. The molecule has 6 heteroatoms. The summed E-state index contributed by atoms with van der Waals surface area (Å²) >= 11 is 0. The van der Waals surface area contributed by atoms with Gasteiger partial charge in [-0.05, 0) is 54.6 Å². The smallest absolute Gasteiger partial charge is 0.243 e. The van der Waals surface area contributed by atoms with Gasteiger partial charge in [0.2, 0.25) is 10.0 Å². The third-order valence-electron chi connectivity index (χ3n) is 6.82. The molecule has 5 nitrogen and oxygen atoms in total. The van der Waals surface area contributed by atoms with Crippen LogP contribution >= 0.6 is 0 Å². The van der Waals surface area contributed by atoms with Gasteiger partial charge >= 0.3 is 0 Å². The van der Waals surface area contributed by atoms with E-state index in [4.69, 9.17) is 4.74 Å². The molecule has 0 bridgehead atoms. The van der Waals surface area contributed by atoms with E-state index in [9.17, 15) is 8.42 Å². The van der Waals surface area contributed by atoms with Gasteiger partial charge in [-0.3, -0.25) is 0 Å². The normalized spacial score (nSPS) is 27.1. The van der Waals surface area contributed by atoms with Crippen molar-refractivity contribution in [3.05, 3.63) is 54.6 Å². The number of hydrogen-bond acceptors (Lipinski definition) is 4. The summed E-state index contributed by atoms with van der Waals surface area (Å²) in [5, 5.41) is 3.42. The second-order valence-corrected chi connectivity index (χ2v) is 10.2. The second kappa shape index (κ2) is 6.95. The molecule has 3 aliphatic heterocycles. The summed E-state index contributed by atoms with van der Waals surface area (Å²) in [4.78, 5) is 0.380. The Hall–Kier alpha value is -1.73. The van der Waals surface area contributed by atoms with Gasteiger partial charge in [0.25, 0.3) is 0 Å². The minimum absolute atomic E-state index is 0.0384. The minimum atomic E-state index is -3.57. The lowest BCUT2D eigenvalue weighted by Crippen LogP contribution is -2.43. The highest BCUT2D eigenvalue weighted by Crippen LogP contribution is 2.50. The van der Waals surface area contributed by atoms with Crippen LogP contribution in [0.4, 0.5) is 0 Å². The molecule has 3 aliphatic rings. The van der Waals surface area contributed by atoms with E-state index >= 15 is 0 Å². The van der Waals surface area contributed by atoms with Crippen LogP contribution in [0.15, 0.2) is 59.5 Å². The zero-order valence-electron chi connectivity index (χ0n) is 15.9. The Labute approximate surface area is 166 Å². The molecule has 1 spiro atoms. The fraction of sp³-hybridized carbons (Fsp3) is 0.455. The number of rotatable bonds is 3. The summed E-state index contributed by atoms with van der Waals surface area (Å²) < 4.78 is 34.8. The third kappa shape index (κ3) is 2.90. The molecule has 0 saturated carbocycles. The van der Waals surface area contributed by atoms with Crippen LogP contribution in [-0.4, -0.2) is 51.6 Å². The highest BCUT2D eigenvalue weighted by atomic mass is 32.2. The molecule has 0 aliphatic carbocycles. The van der Waals surface area contributed by atoms with Gasteiger partial charge in [0, 0.05) is 12.5 Å². The first kappa shape index (κ1) is 18.3. The van der Waals surface area contributed by atoms with Crippen molar-refractivity contribution in [2.45, 2.75) is 23.8 Å². The molecule has 2 atom stereocenters. The van der Waals surface area contributed by atoms with E-state index in [0.717, 1.165) is 37.1 Å². The van der Waals surface area contributed by atoms with E-state index in [0.29, 0.717) is 30.6 Å². The van der Waals surface area contributed by atoms with Crippen molar-refractivity contribution in [3.63, 3.8) is 0 Å². The Morgan fingerprint density at radius 2 is 1.71 bits per heavy atom. The van der Waals surface area contributed by atoms with Gasteiger partial charge in [-0.1, -0.05) is 42.5 Å². The first-order valence-corrected chi connectivity index (χ1v) is 11.5. The van der Waals surface area contributed by atoms with E-state index in [2.05, 4.69) is 5.32 Å². The first-order valence-electron chi connectivity index (χ1n) is 10.1. The summed E-state index contributed by atoms with van der Waals surface area (Å²) in [6.45, 7) is 3.73. The highest BCUT2D eigenvalue weighted by molar-refractivity contribution is 7.89. The largest absolute Gasteiger partial charge is 0.379 e. The monoisotopic (exact) mass is 398 g/mol. The van der Waals surface area contributed by atoms with Gasteiger partial charge in [-0.15, -0.1) is 0 Å². The van der Waals surface area contributed by atoms with E-state index in [1.54, 1.807) is 10.4 Å². The summed E-state index contributed by atoms with van der Waals surface area (Å²) in [5.74, 6) is 0.307. The van der Waals surface area contributed by atoms with E-state index < -0.39 is 10.0 Å². The zero-order chi connectivity index (χ0) is 19.2. The van der Waals surface area contributed by atoms with Crippen LogP contribution in [-0.2, 0) is 14.8 Å². The molecule has 0 aromatic heterocycles. The predicted molar refractivity (Wildman–Crippen MR) is 108 cm³/mol. The predicted octanol–water partition coefficient (Wildman–Crippen LogP) is 2.74. The van der Waals surface area contributed by atoms with Gasteiger partial charge < -0.3 is 10.1 Å². The molecule has 5 rings (SSSR count). The summed E-state index contributed by atoms with van der Waals surface area (Å²) in [5.41, 5.74) is 2.01. The van der Waals surface area contributed by atoms with Crippen LogP contribution in [0.25, 0.3) is 11.1 Å². The molecule has 1 N–H and O–H groups in total. The first-order chi connectivity index (χ1) is 13.6. The molecule has 0 unspecified atom stereocenters. The number of hydrogen-bond donors (Lipinski definition) is 1. The molecular weight excluding hydrogens is 372 g/mol. The second-order valence-electron chi connectivity index (χ2n) is 8.27. The maximum absolute atomic E-state index is 13.6. The van der Waals surface area contributed by atoms with Crippen LogP contribution in [0.1, 0.15) is 12.8 Å². The van der Waals surface area contributed by atoms with Gasteiger partial charge in [0.05, 0.1) is 24.2 Å². The van der Waals surface area contributed by atoms with Gasteiger partial charge in [-0.25, -0.2) is 8.42 Å². The van der Waals surface area contributed by atoms with Crippen molar-refractivity contribution in [1.29, 1.82) is 0 Å². The SMILES string of the molecule is O=S(=O)(c1cccc(-c2ccccc2)c1)N1CC2(CCNCC2)[C@@H]2COC[C@@H]21. The van der Waals surface area contributed by atoms with Crippen molar-refractivity contribution in [3.8, 4) is 11.1 Å². The molecule has 2 aromatic rings. The van der Waals surface area contributed by atoms with E-state index in [1.807, 2.05) is 48.5 Å². The van der Waals surface area contributed by atoms with E-state index in [-0.39, 0.29) is 11.5 Å². The Morgan fingerprint density at radius 3 is 2.50 bits per heavy atom. The van der Waals surface area contributed by atoms with Crippen molar-refractivity contribution >= 4 is 10.0 Å². The Kier molecular flexibility index (Phi) is 4.55. The summed E-state index contributed by atoms with van der Waals surface area (Å²) in [7, 11) is -3.57. The number of nitrogens with zero attached hydrogens (tertiary/aromatic N) is 1.